The molecule has 0 saturated carbocycles. The van der Waals surface area contributed by atoms with Crippen LogP contribution < -0.4 is 5.32 Å². The van der Waals surface area contributed by atoms with Gasteiger partial charge in [-0.2, -0.15) is 0 Å². The van der Waals surface area contributed by atoms with Gasteiger partial charge in [0.15, 0.2) is 0 Å². The number of aryl methyl sites for hydroxylation is 2. The molecule has 6 heteroatoms. The Bertz CT molecular complexity index is 1330. The molecule has 2 aromatic heterocycles. The predicted molar refractivity (Wildman–Crippen MR) is 143 cm³/mol. The molecule has 2 aromatic carbocycles. The fourth-order valence-corrected chi connectivity index (χ4v) is 5.12. The van der Waals surface area contributed by atoms with Crippen LogP contribution in [0.1, 0.15) is 63.8 Å². The summed E-state index contributed by atoms with van der Waals surface area (Å²) in [7, 11) is 1.40. The first-order valence-corrected chi connectivity index (χ1v) is 12.8. The maximum Gasteiger partial charge on any atom is 0.337 e. The lowest BCUT2D eigenvalue weighted by molar-refractivity contribution is 0.0600. The number of carbonyl (C=O) groups excluding carboxylic acids is 2. The number of hydrogen-bond donors (Lipinski definition) is 1. The number of esters is 1. The van der Waals surface area contributed by atoms with Crippen molar-refractivity contribution < 1.29 is 14.3 Å². The third-order valence-electron chi connectivity index (χ3n) is 6.26. The molecule has 182 valence electrons. The number of nitrogens with zero attached hydrogens (tertiary/aromatic N) is 1. The number of nitrogens with one attached hydrogen (secondary N) is 1. The van der Waals surface area contributed by atoms with Gasteiger partial charge in [0.2, 0.25) is 0 Å². The Morgan fingerprint density at radius 2 is 1.74 bits per heavy atom. The number of ether oxygens (including phenoxy) is 1. The Labute approximate surface area is 210 Å². The summed E-state index contributed by atoms with van der Waals surface area (Å²) >= 11 is 1.77. The average molecular weight is 489 g/mol. The Morgan fingerprint density at radius 3 is 2.40 bits per heavy atom. The molecule has 0 bridgehead atoms. The molecule has 0 spiro atoms. The number of methoxy groups -OCH3 is 1. The molecule has 4 aromatic rings. The number of unbranched alkanes of at least 4 members (excludes halogenated alkanes) is 1. The van der Waals surface area contributed by atoms with Crippen LogP contribution in [0.3, 0.4) is 0 Å². The first kappa shape index (κ1) is 24.7. The van der Waals surface area contributed by atoms with E-state index in [0.717, 1.165) is 30.3 Å². The number of rotatable bonds is 9. The third kappa shape index (κ3) is 5.65. The zero-order chi connectivity index (χ0) is 24.9. The number of fused-ring (bicyclic) bond motifs is 1. The lowest BCUT2D eigenvalue weighted by Crippen LogP contribution is -2.24. The zero-order valence-corrected chi connectivity index (χ0v) is 21.6. The fourth-order valence-electron chi connectivity index (χ4n) is 4.23. The number of carbonyl (C=O) groups is 2. The van der Waals surface area contributed by atoms with Crippen LogP contribution in [0.5, 0.6) is 0 Å². The minimum absolute atomic E-state index is 0.0372. The molecule has 0 aliphatic heterocycles. The van der Waals surface area contributed by atoms with Gasteiger partial charge in [0.05, 0.1) is 12.7 Å². The molecule has 2 heterocycles. The van der Waals surface area contributed by atoms with E-state index in [9.17, 15) is 9.59 Å². The van der Waals surface area contributed by atoms with Gasteiger partial charge < -0.3 is 14.6 Å². The van der Waals surface area contributed by atoms with E-state index in [4.69, 9.17) is 4.74 Å². The number of aromatic nitrogens is 1. The van der Waals surface area contributed by atoms with E-state index < -0.39 is 0 Å². The van der Waals surface area contributed by atoms with E-state index in [0.29, 0.717) is 23.6 Å². The summed E-state index contributed by atoms with van der Waals surface area (Å²) in [6.45, 7) is 7.81. The molecule has 0 fully saturated rings. The molecule has 4 rings (SSSR count). The highest BCUT2D eigenvalue weighted by molar-refractivity contribution is 7.15. The van der Waals surface area contributed by atoms with Gasteiger partial charge in [-0.05, 0) is 67.6 Å². The Balaban J connectivity index is 1.42. The van der Waals surface area contributed by atoms with Gasteiger partial charge in [0.1, 0.15) is 0 Å². The molecule has 0 aliphatic rings. The van der Waals surface area contributed by atoms with E-state index in [-0.39, 0.29) is 11.9 Å². The largest absolute Gasteiger partial charge is 0.465 e. The molecule has 1 N–H and O–H groups in total. The van der Waals surface area contributed by atoms with E-state index in [1.54, 1.807) is 11.3 Å². The zero-order valence-electron chi connectivity index (χ0n) is 20.8. The average Bonchev–Trinajstić information content (AvgIpc) is 3.46. The molecule has 0 aliphatic carbocycles. The summed E-state index contributed by atoms with van der Waals surface area (Å²) in [6.07, 6.45) is 3.94. The molecular formula is C29H32N2O3S. The Kier molecular flexibility index (Phi) is 7.71. The van der Waals surface area contributed by atoms with E-state index in [1.165, 1.54) is 28.0 Å². The second-order valence-corrected chi connectivity index (χ2v) is 10.4. The van der Waals surface area contributed by atoms with Gasteiger partial charge >= 0.3 is 5.97 Å². The summed E-state index contributed by atoms with van der Waals surface area (Å²) in [5.41, 5.74) is 4.66. The third-order valence-corrected chi connectivity index (χ3v) is 7.29. The van der Waals surface area contributed by atoms with Crippen LogP contribution in [0.15, 0.2) is 60.8 Å². The second kappa shape index (κ2) is 10.9. The summed E-state index contributed by atoms with van der Waals surface area (Å²) in [5.74, 6) is 0.0760. The van der Waals surface area contributed by atoms with Gasteiger partial charge in [-0.15, -0.1) is 11.3 Å². The standard InChI is InChI=1S/C29H32N2O3S/c1-19(2)21-8-10-22(11-9-21)28(32)30-15-5-6-16-31-18-25(27-14-7-20(3)35-27)24-13-12-23(17-26(24)31)29(33)34-4/h7-14,17-19H,5-6,15-16H2,1-4H3,(H,30,32). The van der Waals surface area contributed by atoms with Crippen LogP contribution in [0.4, 0.5) is 0 Å². The normalized spacial score (nSPS) is 11.2. The molecule has 0 radical (unpaired) electrons. The Hall–Kier alpha value is -3.38. The van der Waals surface area contributed by atoms with Crippen molar-refractivity contribution in [2.45, 2.75) is 46.1 Å². The smallest absolute Gasteiger partial charge is 0.337 e. The van der Waals surface area contributed by atoms with Gasteiger partial charge in [-0.1, -0.05) is 32.0 Å². The van der Waals surface area contributed by atoms with E-state index >= 15 is 0 Å². The highest BCUT2D eigenvalue weighted by Crippen LogP contribution is 2.35. The topological polar surface area (TPSA) is 60.3 Å². The molecule has 0 atom stereocenters. The van der Waals surface area contributed by atoms with Crippen molar-refractivity contribution in [2.75, 3.05) is 13.7 Å². The van der Waals surface area contributed by atoms with Crippen LogP contribution in [0.25, 0.3) is 21.3 Å². The fraction of sp³-hybridized carbons (Fsp3) is 0.310. The minimum Gasteiger partial charge on any atom is -0.465 e. The highest BCUT2D eigenvalue weighted by Gasteiger charge is 2.15. The lowest BCUT2D eigenvalue weighted by atomic mass is 10.0. The van der Waals surface area contributed by atoms with E-state index in [1.807, 2.05) is 42.5 Å². The van der Waals surface area contributed by atoms with E-state index in [2.05, 4.69) is 49.0 Å². The van der Waals surface area contributed by atoms with Gasteiger partial charge in [-0.25, -0.2) is 4.79 Å². The molecule has 0 unspecified atom stereocenters. The van der Waals surface area contributed by atoms with Crippen LogP contribution >= 0.6 is 11.3 Å². The quantitative estimate of drug-likeness (QED) is 0.208. The second-order valence-electron chi connectivity index (χ2n) is 9.11. The van der Waals surface area contributed by atoms with Crippen molar-refractivity contribution in [3.8, 4) is 10.4 Å². The van der Waals surface area contributed by atoms with Crippen molar-refractivity contribution in [2.24, 2.45) is 0 Å². The molecule has 1 amide bonds. The molecule has 5 nitrogen and oxygen atoms in total. The molecule has 35 heavy (non-hydrogen) atoms. The first-order valence-electron chi connectivity index (χ1n) is 12.0. The summed E-state index contributed by atoms with van der Waals surface area (Å²) in [6, 6.07) is 17.8. The monoisotopic (exact) mass is 488 g/mol. The molecule has 0 saturated heterocycles. The summed E-state index contributed by atoms with van der Waals surface area (Å²) in [4.78, 5) is 27.1. The van der Waals surface area contributed by atoms with Gasteiger partial charge in [-0.3, -0.25) is 4.79 Å². The highest BCUT2D eigenvalue weighted by atomic mass is 32.1. The van der Waals surface area contributed by atoms with Crippen LogP contribution in [-0.4, -0.2) is 30.1 Å². The van der Waals surface area contributed by atoms with Crippen molar-refractivity contribution in [3.05, 3.63) is 82.4 Å². The van der Waals surface area contributed by atoms with Crippen LogP contribution in [0, 0.1) is 6.92 Å². The first-order chi connectivity index (χ1) is 16.9. The van der Waals surface area contributed by atoms with Crippen LogP contribution in [-0.2, 0) is 11.3 Å². The SMILES string of the molecule is COC(=O)c1ccc2c(-c3ccc(C)s3)cn(CCCCNC(=O)c3ccc(C(C)C)cc3)c2c1. The van der Waals surface area contributed by atoms with Gasteiger partial charge in [0.25, 0.3) is 5.91 Å². The Morgan fingerprint density at radius 1 is 1.00 bits per heavy atom. The summed E-state index contributed by atoms with van der Waals surface area (Å²) < 4.78 is 7.13. The maximum absolute atomic E-state index is 12.5. The number of amides is 1. The predicted octanol–water partition coefficient (Wildman–Crippen LogP) is 6.80. The lowest BCUT2D eigenvalue weighted by Gasteiger charge is -2.09. The summed E-state index contributed by atoms with van der Waals surface area (Å²) in [5, 5.41) is 4.15. The number of hydrogen-bond acceptors (Lipinski definition) is 4. The number of thiophene rings is 1. The molecular weight excluding hydrogens is 456 g/mol. The van der Waals surface area contributed by atoms with Gasteiger partial charge in [0, 0.05) is 51.1 Å². The van der Waals surface area contributed by atoms with Crippen molar-refractivity contribution in [1.82, 2.24) is 9.88 Å². The van der Waals surface area contributed by atoms with Crippen molar-refractivity contribution >= 4 is 34.1 Å². The van der Waals surface area contributed by atoms with Crippen LogP contribution in [0.2, 0.25) is 0 Å². The minimum atomic E-state index is -0.336. The van der Waals surface area contributed by atoms with Crippen molar-refractivity contribution in [1.29, 1.82) is 0 Å². The number of benzene rings is 2. The maximum atomic E-state index is 12.5. The van der Waals surface area contributed by atoms with Crippen molar-refractivity contribution in [3.63, 3.8) is 0 Å².